The van der Waals surface area contributed by atoms with Gasteiger partial charge in [-0.05, 0) is 32.9 Å². The first-order valence-corrected chi connectivity index (χ1v) is 7.80. The minimum atomic E-state index is -0.737. The normalized spacial score (nSPS) is 19.8. The fourth-order valence-electron chi connectivity index (χ4n) is 3.12. The number of amides is 1. The van der Waals surface area contributed by atoms with Crippen molar-refractivity contribution in [3.63, 3.8) is 0 Å². The van der Waals surface area contributed by atoms with Crippen LogP contribution in [0.2, 0.25) is 0 Å². The topological polar surface area (TPSA) is 73.2 Å². The average molecular weight is 315 g/mol. The molecule has 1 atom stereocenters. The highest BCUT2D eigenvalue weighted by atomic mass is 16.6. The number of cyclic esters (lactones) is 1. The SMILES string of the molecule is Cc1nc2ccccc2n1CCNC(=O)[C@H]1CC(=O)OC1(C)C. The van der Waals surface area contributed by atoms with Crippen molar-refractivity contribution in [3.8, 4) is 0 Å². The Labute approximate surface area is 134 Å². The number of imidazole rings is 1. The zero-order chi connectivity index (χ0) is 16.6. The molecule has 0 radical (unpaired) electrons. The molecule has 6 heteroatoms. The van der Waals surface area contributed by atoms with E-state index in [1.54, 1.807) is 13.8 Å². The van der Waals surface area contributed by atoms with Gasteiger partial charge in [-0.3, -0.25) is 9.59 Å². The Morgan fingerprint density at radius 3 is 2.87 bits per heavy atom. The average Bonchev–Trinajstić information content (AvgIpc) is 2.94. The number of hydrogen-bond acceptors (Lipinski definition) is 4. The summed E-state index contributed by atoms with van der Waals surface area (Å²) in [5, 5.41) is 2.91. The molecule has 1 fully saturated rings. The molecule has 1 aliphatic rings. The van der Waals surface area contributed by atoms with Gasteiger partial charge >= 0.3 is 5.97 Å². The van der Waals surface area contributed by atoms with Crippen LogP contribution >= 0.6 is 0 Å². The molecule has 2 aromatic rings. The lowest BCUT2D eigenvalue weighted by Crippen LogP contribution is -2.41. The maximum atomic E-state index is 12.3. The van der Waals surface area contributed by atoms with Gasteiger partial charge in [0.05, 0.1) is 23.4 Å². The lowest BCUT2D eigenvalue weighted by Gasteiger charge is -2.23. The molecular formula is C17H21N3O3. The maximum absolute atomic E-state index is 12.3. The van der Waals surface area contributed by atoms with E-state index in [1.165, 1.54) is 0 Å². The molecule has 0 saturated carbocycles. The van der Waals surface area contributed by atoms with Crippen molar-refractivity contribution >= 4 is 22.9 Å². The number of benzene rings is 1. The molecule has 3 rings (SSSR count). The van der Waals surface area contributed by atoms with Crippen molar-refractivity contribution in [1.29, 1.82) is 0 Å². The summed E-state index contributed by atoms with van der Waals surface area (Å²) in [4.78, 5) is 28.2. The van der Waals surface area contributed by atoms with Crippen LogP contribution < -0.4 is 5.32 Å². The summed E-state index contributed by atoms with van der Waals surface area (Å²) in [6.07, 6.45) is 0.145. The number of fused-ring (bicyclic) bond motifs is 1. The molecule has 0 aliphatic carbocycles. The monoisotopic (exact) mass is 315 g/mol. The molecule has 0 spiro atoms. The number of ether oxygens (including phenoxy) is 1. The number of carbonyl (C=O) groups is 2. The number of aryl methyl sites for hydroxylation is 1. The van der Waals surface area contributed by atoms with E-state index in [0.29, 0.717) is 13.1 Å². The summed E-state index contributed by atoms with van der Waals surface area (Å²) >= 11 is 0. The number of aromatic nitrogens is 2. The van der Waals surface area contributed by atoms with Crippen molar-refractivity contribution in [2.75, 3.05) is 6.54 Å². The smallest absolute Gasteiger partial charge is 0.307 e. The summed E-state index contributed by atoms with van der Waals surface area (Å²) in [7, 11) is 0. The quantitative estimate of drug-likeness (QED) is 0.873. The number of para-hydroxylation sites is 2. The van der Waals surface area contributed by atoms with Gasteiger partial charge in [0.15, 0.2) is 0 Å². The third kappa shape index (κ3) is 2.93. The molecule has 23 heavy (non-hydrogen) atoms. The second kappa shape index (κ2) is 5.68. The van der Waals surface area contributed by atoms with E-state index in [2.05, 4.69) is 14.9 Å². The molecule has 1 aromatic heterocycles. The van der Waals surface area contributed by atoms with Crippen LogP contribution in [0.4, 0.5) is 0 Å². The van der Waals surface area contributed by atoms with Gasteiger partial charge in [0, 0.05) is 13.1 Å². The van der Waals surface area contributed by atoms with Crippen LogP contribution in [-0.2, 0) is 20.9 Å². The van der Waals surface area contributed by atoms with E-state index in [0.717, 1.165) is 16.9 Å². The van der Waals surface area contributed by atoms with Gasteiger partial charge in [0.2, 0.25) is 5.91 Å². The molecule has 1 amide bonds. The molecule has 1 aromatic carbocycles. The van der Waals surface area contributed by atoms with Crippen LogP contribution in [0, 0.1) is 12.8 Å². The number of rotatable bonds is 4. The van der Waals surface area contributed by atoms with Crippen molar-refractivity contribution in [2.45, 2.75) is 39.3 Å². The molecule has 1 saturated heterocycles. The minimum Gasteiger partial charge on any atom is -0.459 e. The maximum Gasteiger partial charge on any atom is 0.307 e. The number of nitrogens with one attached hydrogen (secondary N) is 1. The standard InChI is InChI=1S/C17H21N3O3/c1-11-19-13-6-4-5-7-14(13)20(11)9-8-18-16(22)12-10-15(21)23-17(12,2)3/h4-7,12H,8-10H2,1-3H3,(H,18,22)/t12-/m1/s1. The lowest BCUT2D eigenvalue weighted by atomic mass is 9.90. The van der Waals surface area contributed by atoms with Crippen molar-refractivity contribution in [1.82, 2.24) is 14.9 Å². The zero-order valence-electron chi connectivity index (χ0n) is 13.6. The molecule has 1 N–H and O–H groups in total. The Morgan fingerprint density at radius 2 is 2.17 bits per heavy atom. The Bertz CT molecular complexity index is 764. The molecule has 2 heterocycles. The molecule has 1 aliphatic heterocycles. The van der Waals surface area contributed by atoms with Crippen LogP contribution in [0.1, 0.15) is 26.1 Å². The molecule has 6 nitrogen and oxygen atoms in total. The highest BCUT2D eigenvalue weighted by molar-refractivity contribution is 5.87. The van der Waals surface area contributed by atoms with Crippen LogP contribution in [-0.4, -0.2) is 33.6 Å². The number of nitrogens with zero attached hydrogens (tertiary/aromatic N) is 2. The third-order valence-electron chi connectivity index (χ3n) is 4.38. The van der Waals surface area contributed by atoms with Crippen LogP contribution in [0.25, 0.3) is 11.0 Å². The second-order valence-electron chi connectivity index (χ2n) is 6.42. The Hall–Kier alpha value is -2.37. The summed E-state index contributed by atoms with van der Waals surface area (Å²) < 4.78 is 7.28. The van der Waals surface area contributed by atoms with E-state index in [9.17, 15) is 9.59 Å². The minimum absolute atomic E-state index is 0.136. The fraction of sp³-hybridized carbons (Fsp3) is 0.471. The third-order valence-corrected chi connectivity index (χ3v) is 4.38. The second-order valence-corrected chi connectivity index (χ2v) is 6.42. The van der Waals surface area contributed by atoms with Gasteiger partial charge < -0.3 is 14.6 Å². The van der Waals surface area contributed by atoms with Crippen molar-refractivity contribution < 1.29 is 14.3 Å². The fourth-order valence-corrected chi connectivity index (χ4v) is 3.12. The number of carbonyl (C=O) groups excluding carboxylic acids is 2. The predicted octanol–water partition coefficient (Wildman–Crippen LogP) is 1.80. The highest BCUT2D eigenvalue weighted by Crippen LogP contribution is 2.32. The van der Waals surface area contributed by atoms with E-state index in [-0.39, 0.29) is 18.3 Å². The number of hydrogen-bond donors (Lipinski definition) is 1. The van der Waals surface area contributed by atoms with E-state index < -0.39 is 11.5 Å². The van der Waals surface area contributed by atoms with Gasteiger partial charge in [-0.15, -0.1) is 0 Å². The van der Waals surface area contributed by atoms with Crippen LogP contribution in [0.3, 0.4) is 0 Å². The van der Waals surface area contributed by atoms with Gasteiger partial charge in [-0.2, -0.15) is 0 Å². The summed E-state index contributed by atoms with van der Waals surface area (Å²) in [5.74, 6) is 0.0327. The van der Waals surface area contributed by atoms with Gasteiger partial charge in [0.1, 0.15) is 11.4 Å². The largest absolute Gasteiger partial charge is 0.459 e. The molecule has 122 valence electrons. The van der Waals surface area contributed by atoms with Gasteiger partial charge in [-0.1, -0.05) is 12.1 Å². The Morgan fingerprint density at radius 1 is 1.43 bits per heavy atom. The lowest BCUT2D eigenvalue weighted by molar-refractivity contribution is -0.147. The molecule has 0 bridgehead atoms. The zero-order valence-corrected chi connectivity index (χ0v) is 13.6. The van der Waals surface area contributed by atoms with Crippen LogP contribution in [0.15, 0.2) is 24.3 Å². The number of esters is 1. The van der Waals surface area contributed by atoms with E-state index >= 15 is 0 Å². The predicted molar refractivity (Wildman–Crippen MR) is 85.8 cm³/mol. The first-order chi connectivity index (χ1) is 10.9. The van der Waals surface area contributed by atoms with E-state index in [1.807, 2.05) is 31.2 Å². The first-order valence-electron chi connectivity index (χ1n) is 7.80. The molecular weight excluding hydrogens is 294 g/mol. The summed E-state index contributed by atoms with van der Waals surface area (Å²) in [6.45, 7) is 6.63. The van der Waals surface area contributed by atoms with Gasteiger partial charge in [0.25, 0.3) is 0 Å². The summed E-state index contributed by atoms with van der Waals surface area (Å²) in [6, 6.07) is 7.92. The highest BCUT2D eigenvalue weighted by Gasteiger charge is 2.45. The Balaban J connectivity index is 1.64. The molecule has 0 unspecified atom stereocenters. The van der Waals surface area contributed by atoms with Crippen molar-refractivity contribution in [3.05, 3.63) is 30.1 Å². The van der Waals surface area contributed by atoms with Crippen molar-refractivity contribution in [2.24, 2.45) is 5.92 Å². The Kier molecular flexibility index (Phi) is 3.83. The summed E-state index contributed by atoms with van der Waals surface area (Å²) in [5.41, 5.74) is 1.27. The van der Waals surface area contributed by atoms with Gasteiger partial charge in [-0.25, -0.2) is 4.98 Å². The van der Waals surface area contributed by atoms with E-state index in [4.69, 9.17) is 4.74 Å². The van der Waals surface area contributed by atoms with Crippen LogP contribution in [0.5, 0.6) is 0 Å². The first kappa shape index (κ1) is 15.5.